The van der Waals surface area contributed by atoms with Crippen molar-refractivity contribution in [1.82, 2.24) is 29.9 Å². The molecule has 1 aliphatic rings. The summed E-state index contributed by atoms with van der Waals surface area (Å²) in [5.41, 5.74) is 2.78. The van der Waals surface area contributed by atoms with Crippen molar-refractivity contribution in [3.05, 3.63) is 64.5 Å². The zero-order chi connectivity index (χ0) is 22.0. The lowest BCUT2D eigenvalue weighted by molar-refractivity contribution is -0.126. The van der Waals surface area contributed by atoms with E-state index >= 15 is 0 Å². The molecule has 1 aromatic carbocycles. The summed E-state index contributed by atoms with van der Waals surface area (Å²) in [6.45, 7) is 4.78. The minimum atomic E-state index is -0.430. The molecule has 0 spiro atoms. The van der Waals surface area contributed by atoms with Gasteiger partial charge in [0, 0.05) is 31.3 Å². The highest BCUT2D eigenvalue weighted by Gasteiger charge is 2.35. The first kappa shape index (κ1) is 20.5. The number of benzene rings is 1. The van der Waals surface area contributed by atoms with Gasteiger partial charge in [0.1, 0.15) is 12.7 Å². The van der Waals surface area contributed by atoms with Crippen LogP contribution in [0.1, 0.15) is 17.5 Å². The molecule has 0 bridgehead atoms. The zero-order valence-corrected chi connectivity index (χ0v) is 17.4. The molecule has 0 aliphatic carbocycles. The number of hydrogen-bond donors (Lipinski definition) is 1. The summed E-state index contributed by atoms with van der Waals surface area (Å²) in [6, 6.07) is 8.79. The van der Waals surface area contributed by atoms with Crippen LogP contribution in [0.3, 0.4) is 0 Å². The number of amides is 2. The van der Waals surface area contributed by atoms with E-state index < -0.39 is 5.92 Å². The molecule has 10 nitrogen and oxygen atoms in total. The standard InChI is InChI=1S/C21H23N7O3/c1-14-3-4-17(9-15(14)2)26-11-16(10-20(26)30)21(31)23-7-8-27-19(29)6-5-18(25-27)28-13-22-12-24-28/h3-6,9,12-13,16H,7-8,10-11H2,1-2H3,(H,23,31). The van der Waals surface area contributed by atoms with E-state index in [0.717, 1.165) is 16.8 Å². The molecule has 0 saturated carbocycles. The van der Waals surface area contributed by atoms with E-state index in [2.05, 4.69) is 20.5 Å². The van der Waals surface area contributed by atoms with Crippen LogP contribution in [0, 0.1) is 19.8 Å². The van der Waals surface area contributed by atoms with Gasteiger partial charge in [-0.3, -0.25) is 14.4 Å². The molecule has 1 N–H and O–H groups in total. The molecule has 1 saturated heterocycles. The van der Waals surface area contributed by atoms with Gasteiger partial charge in [0.25, 0.3) is 5.56 Å². The minimum Gasteiger partial charge on any atom is -0.354 e. The molecule has 0 radical (unpaired) electrons. The minimum absolute atomic E-state index is 0.0678. The maximum atomic E-state index is 12.6. The van der Waals surface area contributed by atoms with Crippen LogP contribution in [0.5, 0.6) is 0 Å². The highest BCUT2D eigenvalue weighted by Crippen LogP contribution is 2.26. The zero-order valence-electron chi connectivity index (χ0n) is 17.4. The van der Waals surface area contributed by atoms with Crippen molar-refractivity contribution < 1.29 is 9.59 Å². The van der Waals surface area contributed by atoms with Crippen molar-refractivity contribution >= 4 is 17.5 Å². The summed E-state index contributed by atoms with van der Waals surface area (Å²) in [7, 11) is 0. The molecule has 1 fully saturated rings. The Hall–Kier alpha value is -3.82. The van der Waals surface area contributed by atoms with Crippen molar-refractivity contribution in [3.63, 3.8) is 0 Å². The van der Waals surface area contributed by atoms with Crippen molar-refractivity contribution in [2.75, 3.05) is 18.0 Å². The molecule has 4 rings (SSSR count). The monoisotopic (exact) mass is 421 g/mol. The molecule has 3 heterocycles. The van der Waals surface area contributed by atoms with Crippen LogP contribution in [-0.4, -0.2) is 49.4 Å². The Morgan fingerprint density at radius 2 is 2.00 bits per heavy atom. The summed E-state index contributed by atoms with van der Waals surface area (Å²) in [4.78, 5) is 42.6. The summed E-state index contributed by atoms with van der Waals surface area (Å²) < 4.78 is 2.71. The van der Waals surface area contributed by atoms with Crippen molar-refractivity contribution in [2.24, 2.45) is 5.92 Å². The summed E-state index contributed by atoms with van der Waals surface area (Å²) in [5, 5.41) is 11.0. The molecular weight excluding hydrogens is 398 g/mol. The number of carbonyl (C=O) groups excluding carboxylic acids is 2. The number of aryl methyl sites for hydroxylation is 2. The van der Waals surface area contributed by atoms with Gasteiger partial charge in [-0.2, -0.15) is 5.10 Å². The van der Waals surface area contributed by atoms with Crippen LogP contribution in [0.4, 0.5) is 5.69 Å². The largest absolute Gasteiger partial charge is 0.354 e. The van der Waals surface area contributed by atoms with Crippen LogP contribution in [0.25, 0.3) is 5.82 Å². The number of carbonyl (C=O) groups is 2. The lowest BCUT2D eigenvalue weighted by atomic mass is 10.1. The second-order valence-electron chi connectivity index (χ2n) is 7.56. The number of anilines is 1. The van der Waals surface area contributed by atoms with Gasteiger partial charge in [-0.25, -0.2) is 14.3 Å². The van der Waals surface area contributed by atoms with Crippen molar-refractivity contribution in [2.45, 2.75) is 26.8 Å². The second-order valence-corrected chi connectivity index (χ2v) is 7.56. The van der Waals surface area contributed by atoms with Gasteiger partial charge in [-0.15, -0.1) is 5.10 Å². The Morgan fingerprint density at radius 1 is 1.16 bits per heavy atom. The number of aromatic nitrogens is 5. The Balaban J connectivity index is 1.35. The molecule has 1 atom stereocenters. The van der Waals surface area contributed by atoms with Crippen LogP contribution < -0.4 is 15.8 Å². The van der Waals surface area contributed by atoms with Gasteiger partial charge >= 0.3 is 0 Å². The first-order chi connectivity index (χ1) is 14.9. The number of nitrogens with zero attached hydrogens (tertiary/aromatic N) is 6. The topological polar surface area (TPSA) is 115 Å². The Labute approximate surface area is 178 Å². The fourth-order valence-corrected chi connectivity index (χ4v) is 3.50. The van der Waals surface area contributed by atoms with Gasteiger partial charge in [-0.05, 0) is 43.2 Å². The molecule has 1 aliphatic heterocycles. The first-order valence-electron chi connectivity index (χ1n) is 10.0. The Kier molecular flexibility index (Phi) is 5.61. The van der Waals surface area contributed by atoms with E-state index in [1.54, 1.807) is 11.0 Å². The third-order valence-corrected chi connectivity index (χ3v) is 5.43. The molecule has 1 unspecified atom stereocenters. The van der Waals surface area contributed by atoms with Crippen molar-refractivity contribution in [1.29, 1.82) is 0 Å². The fourth-order valence-electron chi connectivity index (χ4n) is 3.50. The van der Waals surface area contributed by atoms with Gasteiger partial charge in [-0.1, -0.05) is 6.07 Å². The molecule has 31 heavy (non-hydrogen) atoms. The van der Waals surface area contributed by atoms with Crippen molar-refractivity contribution in [3.8, 4) is 5.82 Å². The quantitative estimate of drug-likeness (QED) is 0.624. The first-order valence-corrected chi connectivity index (χ1v) is 10.0. The highest BCUT2D eigenvalue weighted by molar-refractivity contribution is 6.00. The molecule has 10 heteroatoms. The van der Waals surface area contributed by atoms with Gasteiger partial charge < -0.3 is 10.2 Å². The Bertz CT molecular complexity index is 1170. The predicted molar refractivity (Wildman–Crippen MR) is 113 cm³/mol. The summed E-state index contributed by atoms with van der Waals surface area (Å²) >= 11 is 0. The van der Waals surface area contributed by atoms with E-state index in [-0.39, 0.29) is 36.9 Å². The maximum absolute atomic E-state index is 12.6. The SMILES string of the molecule is Cc1ccc(N2CC(C(=O)NCCn3nc(-n4cncn4)ccc3=O)CC2=O)cc1C. The van der Waals surface area contributed by atoms with E-state index in [4.69, 9.17) is 0 Å². The maximum Gasteiger partial charge on any atom is 0.266 e. The van der Waals surface area contributed by atoms with E-state index in [1.807, 2.05) is 32.0 Å². The second kappa shape index (κ2) is 8.50. The molecular formula is C21H23N7O3. The van der Waals surface area contributed by atoms with Gasteiger partial charge in [0.2, 0.25) is 11.8 Å². The van der Waals surface area contributed by atoms with Gasteiger partial charge in [0.05, 0.1) is 12.5 Å². The normalized spacial score (nSPS) is 16.0. The highest BCUT2D eigenvalue weighted by atomic mass is 16.2. The van der Waals surface area contributed by atoms with Crippen LogP contribution in [-0.2, 0) is 16.1 Å². The number of rotatable bonds is 6. The lowest BCUT2D eigenvalue weighted by Crippen LogP contribution is -2.36. The molecule has 3 aromatic rings. The molecule has 160 valence electrons. The van der Waals surface area contributed by atoms with Crippen LogP contribution in [0.15, 0.2) is 47.8 Å². The Morgan fingerprint density at radius 3 is 2.74 bits per heavy atom. The average Bonchev–Trinajstić information content (AvgIpc) is 3.41. The smallest absolute Gasteiger partial charge is 0.266 e. The predicted octanol–water partition coefficient (Wildman–Crippen LogP) is 0.610. The van der Waals surface area contributed by atoms with E-state index in [9.17, 15) is 14.4 Å². The van der Waals surface area contributed by atoms with E-state index in [0.29, 0.717) is 12.4 Å². The van der Waals surface area contributed by atoms with E-state index in [1.165, 1.54) is 28.1 Å². The van der Waals surface area contributed by atoms with Gasteiger partial charge in [0.15, 0.2) is 5.82 Å². The van der Waals surface area contributed by atoms with Crippen LogP contribution >= 0.6 is 0 Å². The average molecular weight is 421 g/mol. The summed E-state index contributed by atoms with van der Waals surface area (Å²) in [5.74, 6) is -0.254. The fraction of sp³-hybridized carbons (Fsp3) is 0.333. The third-order valence-electron chi connectivity index (χ3n) is 5.43. The third kappa shape index (κ3) is 4.37. The number of nitrogens with one attached hydrogen (secondary N) is 1. The lowest BCUT2D eigenvalue weighted by Gasteiger charge is -2.18. The van der Waals surface area contributed by atoms with Crippen LogP contribution in [0.2, 0.25) is 0 Å². The molecule has 2 aromatic heterocycles. The number of hydrogen-bond acceptors (Lipinski definition) is 6. The summed E-state index contributed by atoms with van der Waals surface area (Å²) in [6.07, 6.45) is 3.03. The molecule has 2 amide bonds.